The van der Waals surface area contributed by atoms with E-state index < -0.39 is 0 Å². The van der Waals surface area contributed by atoms with Gasteiger partial charge in [-0.25, -0.2) is 0 Å². The van der Waals surface area contributed by atoms with Gasteiger partial charge in [0, 0.05) is 18.7 Å². The molecule has 0 radical (unpaired) electrons. The molecule has 0 aliphatic carbocycles. The molecule has 0 heterocycles. The van der Waals surface area contributed by atoms with E-state index in [0.29, 0.717) is 6.61 Å². The Labute approximate surface area is 104 Å². The molecule has 17 heavy (non-hydrogen) atoms. The Morgan fingerprint density at radius 3 is 2.71 bits per heavy atom. The molecular formula is C14H23NO2. The largest absolute Gasteiger partial charge is 0.496 e. The molecule has 0 bridgehead atoms. The van der Waals surface area contributed by atoms with Gasteiger partial charge in [0.2, 0.25) is 0 Å². The van der Waals surface area contributed by atoms with Crippen LogP contribution < -0.4 is 10.1 Å². The molecule has 3 nitrogen and oxygen atoms in total. The molecule has 1 aromatic carbocycles. The van der Waals surface area contributed by atoms with Gasteiger partial charge in [-0.1, -0.05) is 13.0 Å². The van der Waals surface area contributed by atoms with Crippen molar-refractivity contribution in [3.63, 3.8) is 0 Å². The van der Waals surface area contributed by atoms with Gasteiger partial charge in [-0.05, 0) is 37.6 Å². The van der Waals surface area contributed by atoms with Crippen LogP contribution in [0.5, 0.6) is 5.75 Å². The van der Waals surface area contributed by atoms with Gasteiger partial charge in [-0.15, -0.1) is 0 Å². The first-order chi connectivity index (χ1) is 8.31. The zero-order valence-electron chi connectivity index (χ0n) is 11.1. The number of benzene rings is 1. The van der Waals surface area contributed by atoms with E-state index in [0.717, 1.165) is 37.4 Å². The quantitative estimate of drug-likeness (QED) is 0.705. The summed E-state index contributed by atoms with van der Waals surface area (Å²) >= 11 is 0. The van der Waals surface area contributed by atoms with Gasteiger partial charge in [-0.2, -0.15) is 0 Å². The fraction of sp³-hybridized carbons (Fsp3) is 0.571. The fourth-order valence-corrected chi connectivity index (χ4v) is 1.68. The first kappa shape index (κ1) is 14.0. The van der Waals surface area contributed by atoms with Crippen LogP contribution in [-0.4, -0.2) is 20.3 Å². The van der Waals surface area contributed by atoms with Crippen LogP contribution in [0, 0.1) is 0 Å². The Balaban J connectivity index is 2.66. The second-order valence-electron chi connectivity index (χ2n) is 3.96. The molecule has 0 aromatic heterocycles. The van der Waals surface area contributed by atoms with Crippen molar-refractivity contribution in [2.24, 2.45) is 0 Å². The average molecular weight is 237 g/mol. The Bertz CT molecular complexity index is 326. The summed E-state index contributed by atoms with van der Waals surface area (Å²) < 4.78 is 10.8. The molecule has 0 aliphatic rings. The van der Waals surface area contributed by atoms with Crippen LogP contribution in [0.25, 0.3) is 0 Å². The van der Waals surface area contributed by atoms with Crippen molar-refractivity contribution in [2.45, 2.75) is 33.4 Å². The molecule has 1 aromatic rings. The lowest BCUT2D eigenvalue weighted by atomic mass is 10.1. The maximum Gasteiger partial charge on any atom is 0.124 e. The zero-order valence-corrected chi connectivity index (χ0v) is 11.1. The fourth-order valence-electron chi connectivity index (χ4n) is 1.68. The van der Waals surface area contributed by atoms with Crippen LogP contribution >= 0.6 is 0 Å². The summed E-state index contributed by atoms with van der Waals surface area (Å²) in [6.45, 7) is 7.45. The van der Waals surface area contributed by atoms with Crippen molar-refractivity contribution in [3.05, 3.63) is 29.3 Å². The van der Waals surface area contributed by atoms with Crippen molar-refractivity contribution >= 4 is 0 Å². The Morgan fingerprint density at radius 1 is 1.24 bits per heavy atom. The van der Waals surface area contributed by atoms with E-state index in [4.69, 9.17) is 9.47 Å². The van der Waals surface area contributed by atoms with Gasteiger partial charge < -0.3 is 14.8 Å². The van der Waals surface area contributed by atoms with E-state index in [1.807, 2.05) is 13.0 Å². The van der Waals surface area contributed by atoms with Gasteiger partial charge in [-0.3, -0.25) is 0 Å². The van der Waals surface area contributed by atoms with Crippen molar-refractivity contribution in [2.75, 3.05) is 20.3 Å². The number of methoxy groups -OCH3 is 1. The van der Waals surface area contributed by atoms with Crippen molar-refractivity contribution in [1.29, 1.82) is 0 Å². The average Bonchev–Trinajstić information content (AvgIpc) is 2.37. The van der Waals surface area contributed by atoms with Gasteiger partial charge in [0.1, 0.15) is 5.75 Å². The van der Waals surface area contributed by atoms with E-state index in [1.165, 1.54) is 5.56 Å². The number of hydrogen-bond donors (Lipinski definition) is 1. The predicted molar refractivity (Wildman–Crippen MR) is 70.3 cm³/mol. The second kappa shape index (κ2) is 8.09. The Morgan fingerprint density at radius 2 is 2.06 bits per heavy atom. The van der Waals surface area contributed by atoms with Crippen LogP contribution in [0.2, 0.25) is 0 Å². The van der Waals surface area contributed by atoms with E-state index in [1.54, 1.807) is 7.11 Å². The van der Waals surface area contributed by atoms with Crippen LogP contribution in [0.3, 0.4) is 0 Å². The summed E-state index contributed by atoms with van der Waals surface area (Å²) in [6.07, 6.45) is 1.15. The summed E-state index contributed by atoms with van der Waals surface area (Å²) in [5, 5.41) is 3.39. The second-order valence-corrected chi connectivity index (χ2v) is 3.96. The summed E-state index contributed by atoms with van der Waals surface area (Å²) in [5.74, 6) is 0.901. The highest BCUT2D eigenvalue weighted by atomic mass is 16.5. The normalized spacial score (nSPS) is 10.5. The minimum Gasteiger partial charge on any atom is -0.496 e. The zero-order chi connectivity index (χ0) is 12.5. The first-order valence-electron chi connectivity index (χ1n) is 6.26. The molecule has 0 saturated carbocycles. The molecule has 1 N–H and O–H groups in total. The SMILES string of the molecule is CCCNCc1ccc(OC)c(COCC)c1. The Kier molecular flexibility index (Phi) is 6.67. The smallest absolute Gasteiger partial charge is 0.124 e. The summed E-state index contributed by atoms with van der Waals surface area (Å²) in [5.41, 5.74) is 2.39. The monoisotopic (exact) mass is 237 g/mol. The number of nitrogens with one attached hydrogen (secondary N) is 1. The third-order valence-electron chi connectivity index (χ3n) is 2.56. The van der Waals surface area contributed by atoms with Crippen molar-refractivity contribution in [1.82, 2.24) is 5.32 Å². The minimum absolute atomic E-state index is 0.612. The summed E-state index contributed by atoms with van der Waals surface area (Å²) in [4.78, 5) is 0. The molecule has 0 atom stereocenters. The van der Waals surface area contributed by atoms with Crippen molar-refractivity contribution < 1.29 is 9.47 Å². The molecule has 1 rings (SSSR count). The molecule has 0 amide bonds. The number of rotatable bonds is 8. The molecule has 96 valence electrons. The lowest BCUT2D eigenvalue weighted by molar-refractivity contribution is 0.132. The van der Waals surface area contributed by atoms with E-state index in [2.05, 4.69) is 24.4 Å². The van der Waals surface area contributed by atoms with Crippen LogP contribution in [0.15, 0.2) is 18.2 Å². The molecule has 0 fully saturated rings. The standard InChI is InChI=1S/C14H23NO2/c1-4-8-15-10-12-6-7-14(16-3)13(9-12)11-17-5-2/h6-7,9,15H,4-5,8,10-11H2,1-3H3. The maximum atomic E-state index is 5.44. The third-order valence-corrected chi connectivity index (χ3v) is 2.56. The van der Waals surface area contributed by atoms with Crippen LogP contribution in [0.4, 0.5) is 0 Å². The number of hydrogen-bond acceptors (Lipinski definition) is 3. The summed E-state index contributed by atoms with van der Waals surface area (Å²) in [7, 11) is 1.69. The molecule has 0 unspecified atom stereocenters. The van der Waals surface area contributed by atoms with E-state index in [-0.39, 0.29) is 0 Å². The van der Waals surface area contributed by atoms with Gasteiger partial charge in [0.15, 0.2) is 0 Å². The Hall–Kier alpha value is -1.06. The van der Waals surface area contributed by atoms with Gasteiger partial charge in [0.05, 0.1) is 13.7 Å². The minimum atomic E-state index is 0.612. The molecule has 3 heteroatoms. The molecule has 0 saturated heterocycles. The highest BCUT2D eigenvalue weighted by Gasteiger charge is 2.04. The van der Waals surface area contributed by atoms with Crippen LogP contribution in [0.1, 0.15) is 31.4 Å². The predicted octanol–water partition coefficient (Wildman–Crippen LogP) is 2.73. The van der Waals surface area contributed by atoms with Gasteiger partial charge >= 0.3 is 0 Å². The molecule has 0 spiro atoms. The van der Waals surface area contributed by atoms with E-state index in [9.17, 15) is 0 Å². The highest BCUT2D eigenvalue weighted by Crippen LogP contribution is 2.20. The van der Waals surface area contributed by atoms with Gasteiger partial charge in [0.25, 0.3) is 0 Å². The lowest BCUT2D eigenvalue weighted by Crippen LogP contribution is -2.14. The van der Waals surface area contributed by atoms with Crippen molar-refractivity contribution in [3.8, 4) is 5.75 Å². The maximum absolute atomic E-state index is 5.44. The topological polar surface area (TPSA) is 30.5 Å². The first-order valence-corrected chi connectivity index (χ1v) is 6.26. The van der Waals surface area contributed by atoms with E-state index >= 15 is 0 Å². The number of ether oxygens (including phenoxy) is 2. The molecular weight excluding hydrogens is 214 g/mol. The summed E-state index contributed by atoms with van der Waals surface area (Å²) in [6, 6.07) is 6.26. The lowest BCUT2D eigenvalue weighted by Gasteiger charge is -2.11. The highest BCUT2D eigenvalue weighted by molar-refractivity contribution is 5.36. The third kappa shape index (κ3) is 4.75. The van der Waals surface area contributed by atoms with Crippen LogP contribution in [-0.2, 0) is 17.9 Å². The molecule has 0 aliphatic heterocycles.